The van der Waals surface area contributed by atoms with Crippen molar-refractivity contribution < 1.29 is 19.0 Å². The van der Waals surface area contributed by atoms with E-state index in [1.807, 2.05) is 13.0 Å². The number of amides is 1. The van der Waals surface area contributed by atoms with Gasteiger partial charge in [-0.3, -0.25) is 4.79 Å². The summed E-state index contributed by atoms with van der Waals surface area (Å²) in [5.74, 6) is -0.641. The Morgan fingerprint density at radius 3 is 2.74 bits per heavy atom. The molecule has 0 aromatic heterocycles. The molecule has 1 amide bonds. The van der Waals surface area contributed by atoms with Gasteiger partial charge in [-0.2, -0.15) is 10.4 Å². The second-order valence-corrected chi connectivity index (χ2v) is 6.39. The number of hydrogen-bond donors (Lipinski definition) is 2. The molecule has 1 aliphatic rings. The molecule has 0 aliphatic heterocycles. The van der Waals surface area contributed by atoms with Crippen LogP contribution in [0.5, 0.6) is 11.5 Å². The number of benzene rings is 2. The van der Waals surface area contributed by atoms with Gasteiger partial charge in [0.2, 0.25) is 0 Å². The van der Waals surface area contributed by atoms with Crippen LogP contribution < -0.4 is 10.2 Å². The van der Waals surface area contributed by atoms with Gasteiger partial charge < -0.3 is 9.84 Å². The fraction of sp³-hybridized carbons (Fsp3) is 0.250. The van der Waals surface area contributed by atoms with Gasteiger partial charge in [-0.15, -0.1) is 0 Å². The lowest BCUT2D eigenvalue weighted by atomic mass is 10.0. The lowest BCUT2D eigenvalue weighted by molar-refractivity contribution is -0.127. The molecule has 138 valence electrons. The fourth-order valence-electron chi connectivity index (χ4n) is 3.04. The van der Waals surface area contributed by atoms with Crippen LogP contribution in [0.3, 0.4) is 0 Å². The lowest BCUT2D eigenvalue weighted by Crippen LogP contribution is -2.34. The maximum absolute atomic E-state index is 14.0. The maximum Gasteiger partial charge on any atom is 0.280 e. The number of carbonyl (C=O) groups is 1. The van der Waals surface area contributed by atoms with Crippen LogP contribution in [0.4, 0.5) is 4.39 Å². The summed E-state index contributed by atoms with van der Waals surface area (Å²) in [5, 5.41) is 22.9. The van der Waals surface area contributed by atoms with Gasteiger partial charge in [0.25, 0.3) is 5.91 Å². The molecule has 3 rings (SSSR count). The maximum atomic E-state index is 14.0. The number of rotatable bonds is 4. The number of phenolic OH excluding ortho intramolecular Hbond substituents is 1. The van der Waals surface area contributed by atoms with Gasteiger partial charge in [-0.25, -0.2) is 9.82 Å². The minimum Gasteiger partial charge on any atom is -0.507 e. The second kappa shape index (κ2) is 7.46. The van der Waals surface area contributed by atoms with Crippen molar-refractivity contribution in [3.63, 3.8) is 0 Å². The first kappa shape index (κ1) is 18.4. The van der Waals surface area contributed by atoms with Crippen molar-refractivity contribution in [2.24, 2.45) is 5.10 Å². The number of halogens is 1. The number of nitrogens with one attached hydrogen (secondary N) is 1. The van der Waals surface area contributed by atoms with Crippen molar-refractivity contribution in [3.05, 3.63) is 58.9 Å². The Labute approximate surface area is 155 Å². The van der Waals surface area contributed by atoms with Gasteiger partial charge in [0.05, 0.1) is 17.3 Å². The van der Waals surface area contributed by atoms with E-state index >= 15 is 0 Å². The van der Waals surface area contributed by atoms with Crippen molar-refractivity contribution >= 4 is 11.6 Å². The SMILES string of the molecule is C[C@@H](Oc1ccc(C#N)cc1)C(=O)N/N=C1\C[C@H](C)c2c(F)ccc(O)c21. The van der Waals surface area contributed by atoms with Gasteiger partial charge >= 0.3 is 0 Å². The van der Waals surface area contributed by atoms with E-state index in [0.717, 1.165) is 0 Å². The largest absolute Gasteiger partial charge is 0.507 e. The highest BCUT2D eigenvalue weighted by atomic mass is 19.1. The molecule has 2 N–H and O–H groups in total. The highest BCUT2D eigenvalue weighted by Gasteiger charge is 2.31. The summed E-state index contributed by atoms with van der Waals surface area (Å²) in [6.45, 7) is 3.40. The van der Waals surface area contributed by atoms with E-state index in [2.05, 4.69) is 10.5 Å². The van der Waals surface area contributed by atoms with Crippen LogP contribution >= 0.6 is 0 Å². The van der Waals surface area contributed by atoms with Crippen LogP contribution in [-0.4, -0.2) is 22.8 Å². The number of ether oxygens (including phenoxy) is 1. The number of carbonyl (C=O) groups excluding carboxylic acids is 1. The van der Waals surface area contributed by atoms with Crippen molar-refractivity contribution in [3.8, 4) is 17.6 Å². The Bertz CT molecular complexity index is 948. The van der Waals surface area contributed by atoms with E-state index in [4.69, 9.17) is 10.00 Å². The molecule has 2 aromatic carbocycles. The van der Waals surface area contributed by atoms with Crippen LogP contribution in [-0.2, 0) is 4.79 Å². The number of fused-ring (bicyclic) bond motifs is 1. The van der Waals surface area contributed by atoms with E-state index in [0.29, 0.717) is 34.6 Å². The average Bonchev–Trinajstić information content (AvgIpc) is 3.01. The summed E-state index contributed by atoms with van der Waals surface area (Å²) in [5.41, 5.74) is 4.07. The molecule has 1 aliphatic carbocycles. The zero-order valence-electron chi connectivity index (χ0n) is 14.9. The van der Waals surface area contributed by atoms with E-state index in [1.54, 1.807) is 31.2 Å². The van der Waals surface area contributed by atoms with Gasteiger partial charge in [-0.1, -0.05) is 6.92 Å². The van der Waals surface area contributed by atoms with Crippen molar-refractivity contribution in [1.82, 2.24) is 5.43 Å². The van der Waals surface area contributed by atoms with Crippen LogP contribution in [0.25, 0.3) is 0 Å². The van der Waals surface area contributed by atoms with Crippen molar-refractivity contribution in [2.75, 3.05) is 0 Å². The third kappa shape index (κ3) is 3.75. The summed E-state index contributed by atoms with van der Waals surface area (Å²) < 4.78 is 19.5. The molecular weight excluding hydrogens is 349 g/mol. The number of hydrogen-bond acceptors (Lipinski definition) is 5. The monoisotopic (exact) mass is 367 g/mol. The minimum atomic E-state index is -0.832. The summed E-state index contributed by atoms with van der Waals surface area (Å²) in [4.78, 5) is 12.2. The summed E-state index contributed by atoms with van der Waals surface area (Å²) in [6.07, 6.45) is -0.420. The van der Waals surface area contributed by atoms with Crippen molar-refractivity contribution in [2.45, 2.75) is 32.3 Å². The van der Waals surface area contributed by atoms with Crippen LogP contribution in [0, 0.1) is 17.1 Å². The summed E-state index contributed by atoms with van der Waals surface area (Å²) in [7, 11) is 0. The molecule has 0 spiro atoms. The molecule has 0 heterocycles. The standard InChI is InChI=1S/C20H18FN3O3/c1-11-9-16(19-17(25)8-7-15(21)18(11)19)23-24-20(26)12(2)27-14-5-3-13(10-22)4-6-14/h3-8,11-12,25H,9H2,1-2H3,(H,24,26)/b23-16+/t11-,12+/m0/s1. The first-order valence-electron chi connectivity index (χ1n) is 8.45. The number of hydrazone groups is 1. The van der Waals surface area contributed by atoms with Gasteiger partial charge in [0, 0.05) is 11.1 Å². The van der Waals surface area contributed by atoms with Crippen LogP contribution in [0.1, 0.15) is 42.9 Å². The Hall–Kier alpha value is -3.40. The molecule has 0 saturated carbocycles. The Morgan fingerprint density at radius 2 is 2.07 bits per heavy atom. The Morgan fingerprint density at radius 1 is 1.37 bits per heavy atom. The molecule has 2 aromatic rings. The normalized spacial score (nSPS) is 17.9. The van der Waals surface area contributed by atoms with E-state index in [1.165, 1.54) is 12.1 Å². The highest BCUT2D eigenvalue weighted by molar-refractivity contribution is 6.07. The number of aromatic hydroxyl groups is 1. The van der Waals surface area contributed by atoms with Gasteiger partial charge in [-0.05, 0) is 55.7 Å². The number of nitrogens with zero attached hydrogens (tertiary/aromatic N) is 2. The first-order chi connectivity index (χ1) is 12.9. The predicted molar refractivity (Wildman–Crippen MR) is 97.0 cm³/mol. The number of nitriles is 1. The topological polar surface area (TPSA) is 94.7 Å². The molecular formula is C20H18FN3O3. The number of phenols is 1. The van der Waals surface area contributed by atoms with Crippen LogP contribution in [0.15, 0.2) is 41.5 Å². The second-order valence-electron chi connectivity index (χ2n) is 6.39. The molecule has 0 saturated heterocycles. The average molecular weight is 367 g/mol. The van der Waals surface area contributed by atoms with Gasteiger partial charge in [0.15, 0.2) is 6.10 Å². The summed E-state index contributed by atoms with van der Waals surface area (Å²) >= 11 is 0. The zero-order chi connectivity index (χ0) is 19.6. The molecule has 0 unspecified atom stereocenters. The van der Waals surface area contributed by atoms with E-state index in [-0.39, 0.29) is 11.7 Å². The molecule has 0 radical (unpaired) electrons. The predicted octanol–water partition coefficient (Wildman–Crippen LogP) is 3.20. The Balaban J connectivity index is 1.70. The van der Waals surface area contributed by atoms with Gasteiger partial charge in [0.1, 0.15) is 17.3 Å². The minimum absolute atomic E-state index is 0.0642. The Kier molecular flexibility index (Phi) is 5.08. The third-order valence-corrected chi connectivity index (χ3v) is 4.42. The first-order valence-corrected chi connectivity index (χ1v) is 8.45. The van der Waals surface area contributed by atoms with E-state index < -0.39 is 17.8 Å². The quantitative estimate of drug-likeness (QED) is 0.812. The molecule has 2 atom stereocenters. The molecule has 27 heavy (non-hydrogen) atoms. The lowest BCUT2D eigenvalue weighted by Gasteiger charge is -2.13. The highest BCUT2D eigenvalue weighted by Crippen LogP contribution is 2.39. The summed E-state index contributed by atoms with van der Waals surface area (Å²) in [6, 6.07) is 10.9. The third-order valence-electron chi connectivity index (χ3n) is 4.42. The fourth-order valence-corrected chi connectivity index (χ4v) is 3.04. The molecule has 0 bridgehead atoms. The van der Waals surface area contributed by atoms with Crippen LogP contribution in [0.2, 0.25) is 0 Å². The smallest absolute Gasteiger partial charge is 0.280 e. The van der Waals surface area contributed by atoms with E-state index in [9.17, 15) is 14.3 Å². The molecule has 0 fully saturated rings. The molecule has 6 nitrogen and oxygen atoms in total. The molecule has 7 heteroatoms. The van der Waals surface area contributed by atoms with Crippen molar-refractivity contribution in [1.29, 1.82) is 5.26 Å². The zero-order valence-corrected chi connectivity index (χ0v) is 14.9.